The summed E-state index contributed by atoms with van der Waals surface area (Å²) in [5, 5.41) is 10.3. The lowest BCUT2D eigenvalue weighted by molar-refractivity contribution is -0.140. The molecule has 0 bridgehead atoms. The fourth-order valence-electron chi connectivity index (χ4n) is 2.09. The van der Waals surface area contributed by atoms with Crippen LogP contribution in [-0.2, 0) is 22.5 Å². The smallest absolute Gasteiger partial charge is 0.326 e. The van der Waals surface area contributed by atoms with Crippen molar-refractivity contribution in [2.75, 3.05) is 12.7 Å². The number of fused-ring (bicyclic) bond motifs is 1. The van der Waals surface area contributed by atoms with Gasteiger partial charge < -0.3 is 30.0 Å². The second-order valence-electron chi connectivity index (χ2n) is 5.29. The Morgan fingerprint density at radius 3 is 2.95 bits per heavy atom. The summed E-state index contributed by atoms with van der Waals surface area (Å²) in [4.78, 5) is 21.9. The predicted octanol–water partition coefficient (Wildman–Crippen LogP) is 0.932. The maximum atomic E-state index is 10.8. The average molecular weight is 329 g/mol. The second kappa shape index (κ2) is 6.44. The molecule has 2 heterocycles. The normalized spacial score (nSPS) is 21.1. The first-order chi connectivity index (χ1) is 10.2. The Bertz CT molecular complexity index is 618. The van der Waals surface area contributed by atoms with Gasteiger partial charge in [-0.05, 0) is 12.5 Å². The number of nitrogens with zero attached hydrogens (tertiary/aromatic N) is 1. The molecular formula is C13H20N3O5P. The zero-order valence-corrected chi connectivity index (χ0v) is 13.4. The topological polar surface area (TPSA) is 125 Å². The van der Waals surface area contributed by atoms with Crippen LogP contribution in [0.15, 0.2) is 6.20 Å². The van der Waals surface area contributed by atoms with Gasteiger partial charge in [-0.15, -0.1) is 0 Å². The first-order valence-corrected chi connectivity index (χ1v) is 8.61. The monoisotopic (exact) mass is 329 g/mol. The maximum Gasteiger partial charge on any atom is 0.326 e. The molecule has 0 aromatic carbocycles. The third-order valence-electron chi connectivity index (χ3n) is 3.37. The van der Waals surface area contributed by atoms with Crippen LogP contribution in [0.25, 0.3) is 0 Å². The van der Waals surface area contributed by atoms with Gasteiger partial charge in [0.05, 0.1) is 24.7 Å². The van der Waals surface area contributed by atoms with E-state index in [0.717, 1.165) is 17.3 Å². The van der Waals surface area contributed by atoms with Crippen molar-refractivity contribution in [2.45, 2.75) is 32.8 Å². The van der Waals surface area contributed by atoms with Crippen molar-refractivity contribution in [3.63, 3.8) is 0 Å². The van der Waals surface area contributed by atoms with Crippen molar-refractivity contribution >= 4 is 13.8 Å². The lowest BCUT2D eigenvalue weighted by atomic mass is 10.1. The SMILES string of the molecule is Cc1ncc(CNCCP(=O)(O)O)c2c1OC(C)(C=N)OC2. The summed E-state index contributed by atoms with van der Waals surface area (Å²) < 4.78 is 22.1. The quantitative estimate of drug-likeness (QED) is 0.347. The zero-order valence-electron chi connectivity index (χ0n) is 12.5. The van der Waals surface area contributed by atoms with Crippen molar-refractivity contribution < 1.29 is 23.8 Å². The fraction of sp³-hybridized carbons (Fsp3) is 0.538. The van der Waals surface area contributed by atoms with Gasteiger partial charge in [0.1, 0.15) is 0 Å². The predicted molar refractivity (Wildman–Crippen MR) is 80.2 cm³/mol. The van der Waals surface area contributed by atoms with E-state index < -0.39 is 13.4 Å². The van der Waals surface area contributed by atoms with Gasteiger partial charge in [0.2, 0.25) is 5.79 Å². The van der Waals surface area contributed by atoms with E-state index in [1.807, 2.05) is 6.92 Å². The lowest BCUT2D eigenvalue weighted by Crippen LogP contribution is -2.41. The van der Waals surface area contributed by atoms with Crippen LogP contribution in [0.1, 0.15) is 23.7 Å². The number of hydrogen-bond acceptors (Lipinski definition) is 6. The third-order valence-corrected chi connectivity index (χ3v) is 4.18. The van der Waals surface area contributed by atoms with Crippen LogP contribution in [0.3, 0.4) is 0 Å². The summed E-state index contributed by atoms with van der Waals surface area (Å²) in [5.41, 5.74) is 2.40. The first kappa shape index (κ1) is 17.1. The van der Waals surface area contributed by atoms with Gasteiger partial charge in [-0.3, -0.25) is 9.55 Å². The molecule has 1 aliphatic rings. The Labute approximate surface area is 128 Å². The first-order valence-electron chi connectivity index (χ1n) is 6.81. The molecule has 0 fully saturated rings. The van der Waals surface area contributed by atoms with Gasteiger partial charge in [-0.25, -0.2) is 0 Å². The number of nitrogens with one attached hydrogen (secondary N) is 2. The Balaban J connectivity index is 2.10. The molecule has 0 saturated carbocycles. The molecule has 2 rings (SSSR count). The molecule has 1 aromatic rings. The van der Waals surface area contributed by atoms with E-state index in [1.165, 1.54) is 0 Å². The lowest BCUT2D eigenvalue weighted by Gasteiger charge is -2.33. The molecule has 0 saturated heterocycles. The van der Waals surface area contributed by atoms with E-state index in [1.54, 1.807) is 13.1 Å². The van der Waals surface area contributed by atoms with Gasteiger partial charge in [-0.2, -0.15) is 0 Å². The Morgan fingerprint density at radius 1 is 1.59 bits per heavy atom. The number of rotatable bonds is 6. The van der Waals surface area contributed by atoms with Gasteiger partial charge in [0.15, 0.2) is 5.75 Å². The Kier molecular flexibility index (Phi) is 4.99. The number of ether oxygens (including phenoxy) is 2. The summed E-state index contributed by atoms with van der Waals surface area (Å²) >= 11 is 0. The van der Waals surface area contributed by atoms with Crippen LogP contribution in [0.2, 0.25) is 0 Å². The number of aromatic nitrogens is 1. The minimum Gasteiger partial charge on any atom is -0.455 e. The molecule has 1 unspecified atom stereocenters. The molecule has 0 aliphatic carbocycles. The average Bonchev–Trinajstić information content (AvgIpc) is 2.45. The molecule has 0 radical (unpaired) electrons. The van der Waals surface area contributed by atoms with Crippen LogP contribution in [0.4, 0.5) is 0 Å². The van der Waals surface area contributed by atoms with E-state index >= 15 is 0 Å². The standard InChI is InChI=1S/C13H20N3O5P/c1-9-12-11(7-20-13(2,8-14)21-12)10(6-16-9)5-15-3-4-22(17,18)19/h6,8,14-15H,3-5,7H2,1-2H3,(H2,17,18,19). The zero-order chi connectivity index (χ0) is 16.4. The highest BCUT2D eigenvalue weighted by molar-refractivity contribution is 7.51. The summed E-state index contributed by atoms with van der Waals surface area (Å²) in [6, 6.07) is 0. The molecule has 8 nitrogen and oxygen atoms in total. The van der Waals surface area contributed by atoms with Gasteiger partial charge >= 0.3 is 7.60 Å². The highest BCUT2D eigenvalue weighted by atomic mass is 31.2. The summed E-state index contributed by atoms with van der Waals surface area (Å²) in [6.07, 6.45) is 2.58. The van der Waals surface area contributed by atoms with Crippen molar-refractivity contribution in [1.82, 2.24) is 10.3 Å². The Morgan fingerprint density at radius 2 is 2.32 bits per heavy atom. The molecule has 9 heteroatoms. The van der Waals surface area contributed by atoms with E-state index in [4.69, 9.17) is 24.7 Å². The molecule has 0 spiro atoms. The highest BCUT2D eigenvalue weighted by Gasteiger charge is 2.33. The van der Waals surface area contributed by atoms with Crippen molar-refractivity contribution in [2.24, 2.45) is 0 Å². The van der Waals surface area contributed by atoms with Crippen molar-refractivity contribution in [3.05, 3.63) is 23.0 Å². The van der Waals surface area contributed by atoms with Crippen LogP contribution in [0, 0.1) is 12.3 Å². The molecule has 0 amide bonds. The molecule has 22 heavy (non-hydrogen) atoms. The molecular weight excluding hydrogens is 309 g/mol. The van der Waals surface area contributed by atoms with Gasteiger partial charge in [0.25, 0.3) is 0 Å². The van der Waals surface area contributed by atoms with Gasteiger partial charge in [-0.1, -0.05) is 0 Å². The number of hydrogen-bond donors (Lipinski definition) is 4. The van der Waals surface area contributed by atoms with Crippen LogP contribution in [-0.4, -0.2) is 39.5 Å². The third kappa shape index (κ3) is 4.12. The van der Waals surface area contributed by atoms with Crippen molar-refractivity contribution in [3.8, 4) is 5.75 Å². The minimum absolute atomic E-state index is 0.201. The van der Waals surface area contributed by atoms with E-state index in [-0.39, 0.29) is 12.7 Å². The maximum absolute atomic E-state index is 10.8. The summed E-state index contributed by atoms with van der Waals surface area (Å²) in [7, 11) is -3.99. The summed E-state index contributed by atoms with van der Waals surface area (Å²) in [5.74, 6) is -0.488. The molecule has 1 atom stereocenters. The second-order valence-corrected chi connectivity index (χ2v) is 7.07. The number of pyridine rings is 1. The highest BCUT2D eigenvalue weighted by Crippen LogP contribution is 2.35. The fourth-order valence-corrected chi connectivity index (χ4v) is 2.54. The summed E-state index contributed by atoms with van der Waals surface area (Å²) in [6.45, 7) is 4.38. The Hall–Kier alpha value is -1.31. The largest absolute Gasteiger partial charge is 0.455 e. The van der Waals surface area contributed by atoms with Crippen LogP contribution >= 0.6 is 7.60 Å². The number of aryl methyl sites for hydroxylation is 1. The molecule has 122 valence electrons. The molecule has 1 aliphatic heterocycles. The molecule has 1 aromatic heterocycles. The minimum atomic E-state index is -3.99. The van der Waals surface area contributed by atoms with Crippen LogP contribution < -0.4 is 10.1 Å². The van der Waals surface area contributed by atoms with Crippen molar-refractivity contribution in [1.29, 1.82) is 5.41 Å². The van der Waals surface area contributed by atoms with Crippen LogP contribution in [0.5, 0.6) is 5.75 Å². The van der Waals surface area contributed by atoms with E-state index in [9.17, 15) is 4.57 Å². The van der Waals surface area contributed by atoms with E-state index in [0.29, 0.717) is 24.6 Å². The molecule has 4 N–H and O–H groups in total. The van der Waals surface area contributed by atoms with E-state index in [2.05, 4.69) is 10.3 Å². The van der Waals surface area contributed by atoms with Gasteiger partial charge in [0, 0.05) is 31.8 Å².